The van der Waals surface area contributed by atoms with Crippen LogP contribution in [0.5, 0.6) is 0 Å². The Morgan fingerprint density at radius 1 is 1.11 bits per heavy atom. The van der Waals surface area contributed by atoms with Gasteiger partial charge in [0.05, 0.1) is 15.6 Å². The molecule has 27 heavy (non-hydrogen) atoms. The van der Waals surface area contributed by atoms with Crippen molar-refractivity contribution in [3.8, 4) is 0 Å². The van der Waals surface area contributed by atoms with E-state index in [-0.39, 0.29) is 15.6 Å². The van der Waals surface area contributed by atoms with Crippen molar-refractivity contribution < 1.29 is 22.7 Å². The minimum Gasteiger partial charge on any atom is -0.454 e. The number of carbonyl (C=O) groups excluding carboxylic acids is 2. The van der Waals surface area contributed by atoms with E-state index in [1.807, 2.05) is 0 Å². The van der Waals surface area contributed by atoms with Gasteiger partial charge in [-0.05, 0) is 37.3 Å². The summed E-state index contributed by atoms with van der Waals surface area (Å²) in [5.74, 6) is -1.55. The SMILES string of the molecule is CC(NS(=O)(=O)c1ccccc1)C(=O)OCC(=O)Nc1cc(Cl)ccc1Cl. The Balaban J connectivity index is 1.89. The van der Waals surface area contributed by atoms with Gasteiger partial charge in [0.2, 0.25) is 10.0 Å². The highest BCUT2D eigenvalue weighted by atomic mass is 35.5. The lowest BCUT2D eigenvalue weighted by atomic mass is 10.3. The molecular formula is C17H16Cl2N2O5S. The molecule has 0 saturated heterocycles. The molecular weight excluding hydrogens is 415 g/mol. The Morgan fingerprint density at radius 3 is 2.44 bits per heavy atom. The largest absolute Gasteiger partial charge is 0.454 e. The molecule has 2 rings (SSSR count). The molecule has 0 spiro atoms. The number of ether oxygens (including phenoxy) is 1. The highest BCUT2D eigenvalue weighted by molar-refractivity contribution is 7.89. The molecule has 10 heteroatoms. The van der Waals surface area contributed by atoms with Gasteiger partial charge in [0, 0.05) is 5.02 Å². The summed E-state index contributed by atoms with van der Waals surface area (Å²) in [5, 5.41) is 3.09. The summed E-state index contributed by atoms with van der Waals surface area (Å²) in [6.45, 7) is 0.702. The van der Waals surface area contributed by atoms with Gasteiger partial charge in [-0.25, -0.2) is 8.42 Å². The van der Waals surface area contributed by atoms with Crippen LogP contribution in [0.15, 0.2) is 53.4 Å². The summed E-state index contributed by atoms with van der Waals surface area (Å²) in [4.78, 5) is 23.8. The normalized spacial score (nSPS) is 12.3. The Kier molecular flexibility index (Phi) is 7.20. The molecule has 0 radical (unpaired) electrons. The molecule has 2 aromatic carbocycles. The Morgan fingerprint density at radius 2 is 1.78 bits per heavy atom. The van der Waals surface area contributed by atoms with Crippen LogP contribution in [-0.4, -0.2) is 32.9 Å². The fourth-order valence-electron chi connectivity index (χ4n) is 1.99. The molecule has 0 aliphatic heterocycles. The zero-order valence-corrected chi connectivity index (χ0v) is 16.4. The van der Waals surface area contributed by atoms with Gasteiger partial charge in [-0.15, -0.1) is 0 Å². The van der Waals surface area contributed by atoms with E-state index in [4.69, 9.17) is 27.9 Å². The number of hydrogen-bond donors (Lipinski definition) is 2. The predicted octanol–water partition coefficient (Wildman–Crippen LogP) is 2.84. The highest BCUT2D eigenvalue weighted by Crippen LogP contribution is 2.25. The number of nitrogens with one attached hydrogen (secondary N) is 2. The molecule has 2 N–H and O–H groups in total. The molecule has 0 bridgehead atoms. The summed E-state index contributed by atoms with van der Waals surface area (Å²) in [6, 6.07) is 10.9. The van der Waals surface area contributed by atoms with Gasteiger partial charge in [-0.1, -0.05) is 41.4 Å². The third kappa shape index (κ3) is 6.21. The van der Waals surface area contributed by atoms with Crippen LogP contribution in [0, 0.1) is 0 Å². The van der Waals surface area contributed by atoms with Crippen LogP contribution in [0.4, 0.5) is 5.69 Å². The van der Waals surface area contributed by atoms with Gasteiger partial charge in [-0.2, -0.15) is 4.72 Å². The van der Waals surface area contributed by atoms with Gasteiger partial charge < -0.3 is 10.1 Å². The van der Waals surface area contributed by atoms with Crippen LogP contribution in [-0.2, 0) is 24.3 Å². The van der Waals surface area contributed by atoms with E-state index in [9.17, 15) is 18.0 Å². The molecule has 0 aliphatic carbocycles. The first-order valence-electron chi connectivity index (χ1n) is 7.68. The van der Waals surface area contributed by atoms with Crippen molar-refractivity contribution in [3.05, 3.63) is 58.6 Å². The molecule has 1 atom stereocenters. The smallest absolute Gasteiger partial charge is 0.324 e. The highest BCUT2D eigenvalue weighted by Gasteiger charge is 2.23. The fourth-order valence-corrected chi connectivity index (χ4v) is 3.54. The van der Waals surface area contributed by atoms with Crippen molar-refractivity contribution in [2.24, 2.45) is 0 Å². The fraction of sp³-hybridized carbons (Fsp3) is 0.176. The second kappa shape index (κ2) is 9.18. The van der Waals surface area contributed by atoms with Crippen LogP contribution in [0.3, 0.4) is 0 Å². The second-order valence-corrected chi connectivity index (χ2v) is 7.99. The van der Waals surface area contributed by atoms with Gasteiger partial charge in [-0.3, -0.25) is 9.59 Å². The van der Waals surface area contributed by atoms with E-state index in [1.165, 1.54) is 31.2 Å². The van der Waals surface area contributed by atoms with E-state index in [1.54, 1.807) is 24.3 Å². The van der Waals surface area contributed by atoms with E-state index >= 15 is 0 Å². The average molecular weight is 431 g/mol. The van der Waals surface area contributed by atoms with Crippen LogP contribution in [0.2, 0.25) is 10.0 Å². The molecule has 0 aliphatic rings. The van der Waals surface area contributed by atoms with Crippen LogP contribution < -0.4 is 10.0 Å². The van der Waals surface area contributed by atoms with Crippen LogP contribution in [0.1, 0.15) is 6.92 Å². The Bertz CT molecular complexity index is 936. The van der Waals surface area contributed by atoms with Gasteiger partial charge >= 0.3 is 5.97 Å². The molecule has 1 unspecified atom stereocenters. The first-order chi connectivity index (χ1) is 12.7. The maximum absolute atomic E-state index is 12.2. The molecule has 144 valence electrons. The molecule has 7 nitrogen and oxygen atoms in total. The average Bonchev–Trinajstić information content (AvgIpc) is 2.63. The Labute approximate surface area is 166 Å². The predicted molar refractivity (Wildman–Crippen MR) is 102 cm³/mol. The maximum Gasteiger partial charge on any atom is 0.324 e. The summed E-state index contributed by atoms with van der Waals surface area (Å²) in [6.07, 6.45) is 0. The lowest BCUT2D eigenvalue weighted by Crippen LogP contribution is -2.40. The number of amides is 1. The lowest BCUT2D eigenvalue weighted by molar-refractivity contribution is -0.148. The van der Waals surface area contributed by atoms with Crippen LogP contribution in [0.25, 0.3) is 0 Å². The first kappa shape index (κ1) is 21.2. The molecule has 2 aromatic rings. The summed E-state index contributed by atoms with van der Waals surface area (Å²) >= 11 is 11.7. The third-order valence-electron chi connectivity index (χ3n) is 3.29. The first-order valence-corrected chi connectivity index (χ1v) is 9.92. The number of hydrogen-bond acceptors (Lipinski definition) is 5. The number of sulfonamides is 1. The molecule has 0 heterocycles. The zero-order valence-electron chi connectivity index (χ0n) is 14.1. The second-order valence-electron chi connectivity index (χ2n) is 5.44. The van der Waals surface area contributed by atoms with E-state index < -0.39 is 34.5 Å². The number of anilines is 1. The number of esters is 1. The third-order valence-corrected chi connectivity index (χ3v) is 5.41. The maximum atomic E-state index is 12.2. The molecule has 0 fully saturated rings. The van der Waals surface area contributed by atoms with E-state index in [0.717, 1.165) is 0 Å². The van der Waals surface area contributed by atoms with Crippen molar-refractivity contribution in [2.75, 3.05) is 11.9 Å². The topological polar surface area (TPSA) is 102 Å². The van der Waals surface area contributed by atoms with Crippen molar-refractivity contribution in [1.29, 1.82) is 0 Å². The van der Waals surface area contributed by atoms with Crippen molar-refractivity contribution in [2.45, 2.75) is 17.9 Å². The monoisotopic (exact) mass is 430 g/mol. The van der Waals surface area contributed by atoms with Crippen molar-refractivity contribution in [3.63, 3.8) is 0 Å². The zero-order chi connectivity index (χ0) is 20.0. The summed E-state index contributed by atoms with van der Waals surface area (Å²) in [7, 11) is -3.89. The van der Waals surface area contributed by atoms with E-state index in [0.29, 0.717) is 5.02 Å². The minimum atomic E-state index is -3.89. The molecule has 0 saturated carbocycles. The van der Waals surface area contributed by atoms with Crippen molar-refractivity contribution >= 4 is 50.8 Å². The number of halogens is 2. The standard InChI is InChI=1S/C17H16Cl2N2O5S/c1-11(21-27(24,25)13-5-3-2-4-6-13)17(23)26-10-16(22)20-15-9-12(18)7-8-14(15)19/h2-9,11,21H,10H2,1H3,(H,20,22). The van der Waals surface area contributed by atoms with E-state index in [2.05, 4.69) is 10.0 Å². The quantitative estimate of drug-likeness (QED) is 0.657. The van der Waals surface area contributed by atoms with Gasteiger partial charge in [0.15, 0.2) is 6.61 Å². The Hall–Kier alpha value is -2.13. The van der Waals surface area contributed by atoms with Crippen LogP contribution >= 0.6 is 23.2 Å². The lowest BCUT2D eigenvalue weighted by Gasteiger charge is -2.14. The number of rotatable bonds is 7. The summed E-state index contributed by atoms with van der Waals surface area (Å²) in [5.41, 5.74) is 0.267. The number of carbonyl (C=O) groups is 2. The molecule has 0 aromatic heterocycles. The number of benzene rings is 2. The molecule has 1 amide bonds. The summed E-state index contributed by atoms with van der Waals surface area (Å²) < 4.78 is 31.4. The van der Waals surface area contributed by atoms with Crippen molar-refractivity contribution in [1.82, 2.24) is 4.72 Å². The van der Waals surface area contributed by atoms with Gasteiger partial charge in [0.1, 0.15) is 6.04 Å². The van der Waals surface area contributed by atoms with Gasteiger partial charge in [0.25, 0.3) is 5.91 Å². The minimum absolute atomic E-state index is 0.0120.